The number of halogens is 2. The molecule has 3 rings (SSSR count). The van der Waals surface area contributed by atoms with Crippen molar-refractivity contribution in [1.29, 1.82) is 0 Å². The Morgan fingerprint density at radius 1 is 1.16 bits per heavy atom. The fraction of sp³-hybridized carbons (Fsp3) is 0.684. The van der Waals surface area contributed by atoms with E-state index in [1.807, 2.05) is 0 Å². The van der Waals surface area contributed by atoms with E-state index in [0.717, 1.165) is 21.9 Å². The average Bonchev–Trinajstić information content (AvgIpc) is 3.14. The standard InChI is InChI=1S/C9H13.C8H13NO.C2H7Si.2ClH.Hf/c1-6-5-7(2)9(4)8(6)3;9-8(10)7-4-5-1-2-6(7)3-5;1-3-2;;;/h5H,1-4H3;5-7H,1-4H2,(H2,9,10);3H,1-2H3;2*1H;/q-1;;;;;+4/p-3. The summed E-state index contributed by atoms with van der Waals surface area (Å²) in [5.74, 6) is 1.20. The summed E-state index contributed by atoms with van der Waals surface area (Å²) in [6.45, 7) is 13.1. The van der Waals surface area contributed by atoms with Gasteiger partial charge < -0.3 is 35.3 Å². The van der Waals surface area contributed by atoms with E-state index < -0.39 is 0 Å². The van der Waals surface area contributed by atoms with Gasteiger partial charge in [0.05, 0.1) is 5.91 Å². The molecule has 3 atom stereocenters. The van der Waals surface area contributed by atoms with Gasteiger partial charge in [0.1, 0.15) is 0 Å². The minimum absolute atomic E-state index is 0. The molecule has 0 heterocycles. The van der Waals surface area contributed by atoms with E-state index in [9.17, 15) is 4.79 Å². The fourth-order valence-corrected chi connectivity index (χ4v) is 3.70. The Morgan fingerprint density at radius 3 is 1.84 bits per heavy atom. The van der Waals surface area contributed by atoms with Crippen LogP contribution in [0.25, 0.3) is 5.73 Å². The molecule has 1 amide bonds. The number of carbonyl (C=O) groups excluding carboxylic acids is 1. The van der Waals surface area contributed by atoms with Gasteiger partial charge in [-0.3, -0.25) is 0 Å². The first-order valence-electron chi connectivity index (χ1n) is 8.51. The van der Waals surface area contributed by atoms with E-state index in [2.05, 4.69) is 46.9 Å². The van der Waals surface area contributed by atoms with Crippen molar-refractivity contribution in [3.8, 4) is 0 Å². The third-order valence-electron chi connectivity index (χ3n) is 5.25. The van der Waals surface area contributed by atoms with Crippen molar-refractivity contribution in [3.63, 3.8) is 0 Å². The van der Waals surface area contributed by atoms with Gasteiger partial charge in [-0.2, -0.15) is 28.3 Å². The van der Waals surface area contributed by atoms with Gasteiger partial charge in [0.2, 0.25) is 0 Å². The summed E-state index contributed by atoms with van der Waals surface area (Å²) in [5.41, 5.74) is 12.7. The largest absolute Gasteiger partial charge is 4.00 e. The van der Waals surface area contributed by atoms with Crippen LogP contribution in [0.4, 0.5) is 0 Å². The van der Waals surface area contributed by atoms with Crippen LogP contribution >= 0.6 is 0 Å². The van der Waals surface area contributed by atoms with E-state index in [1.165, 1.54) is 41.5 Å². The van der Waals surface area contributed by atoms with Crippen molar-refractivity contribution in [2.75, 3.05) is 0 Å². The van der Waals surface area contributed by atoms with Gasteiger partial charge in [-0.05, 0) is 31.1 Å². The van der Waals surface area contributed by atoms with Crippen molar-refractivity contribution >= 4 is 15.4 Å². The Hall–Kier alpha value is 0.487. The van der Waals surface area contributed by atoms with Gasteiger partial charge in [0.15, 0.2) is 0 Å². The first-order valence-corrected chi connectivity index (χ1v) is 10.8. The molecule has 6 heteroatoms. The molecule has 141 valence electrons. The molecule has 1 radical (unpaired) electrons. The van der Waals surface area contributed by atoms with Gasteiger partial charge in [0.25, 0.3) is 0 Å². The van der Waals surface area contributed by atoms with E-state index in [1.54, 1.807) is 0 Å². The SMILES string of the molecule is C[SiH]C.Cc1c[c-](C)c(C)c1C.[Cl-].[Cl-].[Hf+4].[NH-]C(=O)C1CC2CCC1C2. The summed E-state index contributed by atoms with van der Waals surface area (Å²) in [7, 11) is 0.750. The molecular formula is C19H32Cl2HfNOSi. The molecule has 0 aliphatic heterocycles. The molecule has 2 aliphatic carbocycles. The van der Waals surface area contributed by atoms with Crippen molar-refractivity contribution in [2.45, 2.75) is 66.5 Å². The van der Waals surface area contributed by atoms with Crippen LogP contribution in [-0.4, -0.2) is 15.4 Å². The number of carbonyl (C=O) groups is 1. The van der Waals surface area contributed by atoms with Crippen molar-refractivity contribution < 1.29 is 55.5 Å². The molecule has 1 aromatic rings. The normalized spacial score (nSPS) is 22.1. The van der Waals surface area contributed by atoms with Crippen LogP contribution in [0.1, 0.15) is 47.9 Å². The number of hydrogen-bond acceptors (Lipinski definition) is 1. The van der Waals surface area contributed by atoms with E-state index in [4.69, 9.17) is 5.73 Å². The minimum Gasteiger partial charge on any atom is -1.00 e. The predicted molar refractivity (Wildman–Crippen MR) is 98.1 cm³/mol. The minimum atomic E-state index is -0.313. The Bertz CT molecular complexity index is 485. The van der Waals surface area contributed by atoms with Crippen molar-refractivity contribution in [2.24, 2.45) is 17.8 Å². The maximum atomic E-state index is 10.7. The van der Waals surface area contributed by atoms with Gasteiger partial charge in [-0.15, -0.1) is 0 Å². The van der Waals surface area contributed by atoms with Gasteiger partial charge in [-0.25, -0.2) is 0 Å². The van der Waals surface area contributed by atoms with Crippen LogP contribution in [0, 0.1) is 45.4 Å². The Labute approximate surface area is 188 Å². The molecule has 0 aromatic heterocycles. The van der Waals surface area contributed by atoms with Crippen molar-refractivity contribution in [3.05, 3.63) is 34.1 Å². The molecule has 25 heavy (non-hydrogen) atoms. The molecule has 2 bridgehead atoms. The first kappa shape index (κ1) is 30.2. The maximum absolute atomic E-state index is 10.7. The first-order chi connectivity index (χ1) is 10.3. The van der Waals surface area contributed by atoms with Gasteiger partial charge >= 0.3 is 25.8 Å². The third-order valence-corrected chi connectivity index (χ3v) is 5.25. The monoisotopic (exact) mass is 568 g/mol. The van der Waals surface area contributed by atoms with Crippen LogP contribution in [0.5, 0.6) is 0 Å². The fourth-order valence-electron chi connectivity index (χ4n) is 3.70. The number of aryl methyl sites for hydroxylation is 2. The Balaban J connectivity index is -0.000000305. The zero-order chi connectivity index (χ0) is 16.9. The van der Waals surface area contributed by atoms with Crippen LogP contribution in [0.3, 0.4) is 0 Å². The van der Waals surface area contributed by atoms with E-state index >= 15 is 0 Å². The zero-order valence-corrected chi connectivity index (χ0v) is 22.6. The number of rotatable bonds is 1. The topological polar surface area (TPSA) is 40.9 Å². The smallest absolute Gasteiger partial charge is 1.00 e. The van der Waals surface area contributed by atoms with E-state index in [0.29, 0.717) is 5.92 Å². The zero-order valence-electron chi connectivity index (χ0n) is 16.4. The average molecular weight is 568 g/mol. The summed E-state index contributed by atoms with van der Waals surface area (Å²) in [6.07, 6.45) is 4.77. The Kier molecular flexibility index (Phi) is 17.6. The molecule has 2 nitrogen and oxygen atoms in total. The molecule has 1 N–H and O–H groups in total. The summed E-state index contributed by atoms with van der Waals surface area (Å²) in [5, 5.41) is 0. The number of nitrogens with one attached hydrogen (secondary N) is 1. The summed E-state index contributed by atoms with van der Waals surface area (Å²) in [6, 6.07) is 2.24. The third kappa shape index (κ3) is 8.81. The molecule has 2 aliphatic rings. The molecule has 2 fully saturated rings. The van der Waals surface area contributed by atoms with Crippen LogP contribution in [-0.2, 0) is 30.6 Å². The summed E-state index contributed by atoms with van der Waals surface area (Å²) < 4.78 is 0. The van der Waals surface area contributed by atoms with Gasteiger partial charge in [-0.1, -0.05) is 47.2 Å². The van der Waals surface area contributed by atoms with Crippen LogP contribution < -0.4 is 24.8 Å². The molecule has 0 saturated heterocycles. The van der Waals surface area contributed by atoms with Crippen molar-refractivity contribution in [1.82, 2.24) is 0 Å². The predicted octanol–water partition coefficient (Wildman–Crippen LogP) is -0.835. The second-order valence-electron chi connectivity index (χ2n) is 6.98. The molecule has 1 aromatic carbocycles. The van der Waals surface area contributed by atoms with Crippen LogP contribution in [0.2, 0.25) is 13.1 Å². The molecule has 2 saturated carbocycles. The number of hydrogen-bond donors (Lipinski definition) is 0. The number of fused-ring (bicyclic) bond motifs is 2. The maximum Gasteiger partial charge on any atom is 4.00 e. The quantitative estimate of drug-likeness (QED) is 0.323. The molecule has 0 spiro atoms. The molecule has 3 unspecified atom stereocenters. The number of amides is 1. The van der Waals surface area contributed by atoms with Crippen LogP contribution in [0.15, 0.2) is 6.07 Å². The van der Waals surface area contributed by atoms with E-state index in [-0.39, 0.29) is 62.5 Å². The van der Waals surface area contributed by atoms with Gasteiger partial charge in [0, 0.05) is 15.4 Å². The summed E-state index contributed by atoms with van der Waals surface area (Å²) in [4.78, 5) is 10.7. The second kappa shape index (κ2) is 14.5. The Morgan fingerprint density at radius 2 is 1.68 bits per heavy atom. The second-order valence-corrected chi connectivity index (χ2v) is 8.14. The molecular weight excluding hydrogens is 536 g/mol. The summed E-state index contributed by atoms with van der Waals surface area (Å²) >= 11 is 0.